The fraction of sp³-hybridized carbons (Fsp3) is 0.667. The quantitative estimate of drug-likeness (QED) is 0.888. The first-order chi connectivity index (χ1) is 9.78. The van der Waals surface area contributed by atoms with Crippen molar-refractivity contribution in [3.05, 3.63) is 29.8 Å². The number of rotatable bonds is 3. The van der Waals surface area contributed by atoms with Gasteiger partial charge in [0.1, 0.15) is 5.75 Å². The Kier molecular flexibility index (Phi) is 4.30. The molecule has 1 aromatic rings. The molecule has 0 aromatic heterocycles. The Balaban J connectivity index is 1.69. The van der Waals surface area contributed by atoms with Gasteiger partial charge in [0.25, 0.3) is 0 Å². The van der Waals surface area contributed by atoms with Crippen LogP contribution in [0, 0.1) is 17.8 Å². The molecule has 0 bridgehead atoms. The summed E-state index contributed by atoms with van der Waals surface area (Å²) < 4.78 is 5.27. The molecular formula is C18H26O2. The third-order valence-corrected chi connectivity index (χ3v) is 5.46. The highest BCUT2D eigenvalue weighted by Gasteiger charge is 2.35. The molecule has 3 rings (SSSR count). The zero-order valence-corrected chi connectivity index (χ0v) is 12.4. The summed E-state index contributed by atoms with van der Waals surface area (Å²) in [7, 11) is 1.68. The van der Waals surface area contributed by atoms with E-state index in [1.165, 1.54) is 44.9 Å². The molecule has 0 radical (unpaired) electrons. The fourth-order valence-corrected chi connectivity index (χ4v) is 4.29. The highest BCUT2D eigenvalue weighted by molar-refractivity contribution is 5.30. The van der Waals surface area contributed by atoms with Crippen LogP contribution in [0.15, 0.2) is 24.3 Å². The van der Waals surface area contributed by atoms with Gasteiger partial charge in [-0.1, -0.05) is 37.8 Å². The van der Waals surface area contributed by atoms with E-state index in [0.29, 0.717) is 5.92 Å². The predicted molar refractivity (Wildman–Crippen MR) is 80.7 cm³/mol. The van der Waals surface area contributed by atoms with Crippen molar-refractivity contribution in [2.75, 3.05) is 7.11 Å². The van der Waals surface area contributed by atoms with Crippen LogP contribution in [0.4, 0.5) is 0 Å². The smallest absolute Gasteiger partial charge is 0.119 e. The molecule has 2 aliphatic rings. The maximum absolute atomic E-state index is 10.7. The van der Waals surface area contributed by atoms with Gasteiger partial charge >= 0.3 is 0 Å². The molecule has 0 heterocycles. The van der Waals surface area contributed by atoms with Crippen LogP contribution in [-0.2, 0) is 0 Å². The van der Waals surface area contributed by atoms with Gasteiger partial charge in [-0.15, -0.1) is 0 Å². The maximum Gasteiger partial charge on any atom is 0.119 e. The van der Waals surface area contributed by atoms with Gasteiger partial charge in [-0.25, -0.2) is 0 Å². The van der Waals surface area contributed by atoms with E-state index in [0.717, 1.165) is 23.1 Å². The van der Waals surface area contributed by atoms with Crippen molar-refractivity contribution < 1.29 is 9.84 Å². The lowest BCUT2D eigenvalue weighted by molar-refractivity contribution is 0.0348. The molecule has 0 aliphatic heterocycles. The fourth-order valence-electron chi connectivity index (χ4n) is 4.29. The largest absolute Gasteiger partial charge is 0.497 e. The van der Waals surface area contributed by atoms with Gasteiger partial charge in [0.2, 0.25) is 0 Å². The van der Waals surface area contributed by atoms with Crippen LogP contribution >= 0.6 is 0 Å². The van der Waals surface area contributed by atoms with Crippen LogP contribution in [-0.4, -0.2) is 12.2 Å². The molecule has 4 atom stereocenters. The van der Waals surface area contributed by atoms with Gasteiger partial charge in [-0.2, -0.15) is 0 Å². The third kappa shape index (κ3) is 2.85. The number of aliphatic hydroxyl groups is 1. The van der Waals surface area contributed by atoms with Crippen LogP contribution < -0.4 is 4.74 Å². The molecule has 1 aromatic carbocycles. The minimum absolute atomic E-state index is 0.326. The van der Waals surface area contributed by atoms with Crippen LogP contribution in [0.3, 0.4) is 0 Å². The second-order valence-electron chi connectivity index (χ2n) is 6.60. The molecule has 2 heteroatoms. The maximum atomic E-state index is 10.7. The van der Waals surface area contributed by atoms with E-state index in [1.807, 2.05) is 24.3 Å². The molecule has 110 valence electrons. The number of fused-ring (bicyclic) bond motifs is 1. The van der Waals surface area contributed by atoms with Crippen molar-refractivity contribution in [1.82, 2.24) is 0 Å². The van der Waals surface area contributed by atoms with Crippen molar-refractivity contribution in [3.8, 4) is 5.75 Å². The SMILES string of the molecule is COc1cccc(C(O)C2CCC3CCCCC3C2)c1. The number of benzene rings is 1. The second-order valence-corrected chi connectivity index (χ2v) is 6.60. The molecule has 4 unspecified atom stereocenters. The summed E-state index contributed by atoms with van der Waals surface area (Å²) in [5.41, 5.74) is 1.02. The van der Waals surface area contributed by atoms with Crippen molar-refractivity contribution in [1.29, 1.82) is 0 Å². The summed E-state index contributed by atoms with van der Waals surface area (Å²) in [5, 5.41) is 10.7. The lowest BCUT2D eigenvalue weighted by atomic mass is 9.66. The molecule has 2 aliphatic carbocycles. The van der Waals surface area contributed by atoms with E-state index in [2.05, 4.69) is 0 Å². The second kappa shape index (κ2) is 6.17. The predicted octanol–water partition coefficient (Wildman–Crippen LogP) is 4.34. The summed E-state index contributed by atoms with van der Waals surface area (Å²) in [4.78, 5) is 0. The Labute approximate surface area is 122 Å². The number of hydrogen-bond donors (Lipinski definition) is 1. The summed E-state index contributed by atoms with van der Waals surface area (Å²) in [6.07, 6.45) is 9.00. The van der Waals surface area contributed by atoms with Crippen LogP contribution in [0.2, 0.25) is 0 Å². The Bertz CT molecular complexity index is 443. The highest BCUT2D eigenvalue weighted by Crippen LogP contribution is 2.46. The van der Waals surface area contributed by atoms with Gasteiger partial charge in [-0.3, -0.25) is 0 Å². The number of aliphatic hydroxyl groups excluding tert-OH is 1. The molecule has 0 spiro atoms. The lowest BCUT2D eigenvalue weighted by Crippen LogP contribution is -2.30. The topological polar surface area (TPSA) is 29.5 Å². The van der Waals surface area contributed by atoms with Gasteiger partial charge < -0.3 is 9.84 Å². The Hall–Kier alpha value is -1.02. The van der Waals surface area contributed by atoms with Gasteiger partial charge in [0.15, 0.2) is 0 Å². The molecule has 1 N–H and O–H groups in total. The zero-order chi connectivity index (χ0) is 13.9. The first kappa shape index (κ1) is 13.9. The van der Waals surface area contributed by atoms with Gasteiger partial charge in [0, 0.05) is 0 Å². The average molecular weight is 274 g/mol. The minimum Gasteiger partial charge on any atom is -0.497 e. The van der Waals surface area contributed by atoms with E-state index in [9.17, 15) is 5.11 Å². The molecular weight excluding hydrogens is 248 g/mol. The summed E-state index contributed by atoms with van der Waals surface area (Å²) in [5.74, 6) is 3.08. The molecule has 2 nitrogen and oxygen atoms in total. The molecule has 2 fully saturated rings. The monoisotopic (exact) mass is 274 g/mol. The van der Waals surface area contributed by atoms with Crippen molar-refractivity contribution in [2.45, 2.75) is 51.0 Å². The molecule has 20 heavy (non-hydrogen) atoms. The van der Waals surface area contributed by atoms with E-state index < -0.39 is 0 Å². The lowest BCUT2D eigenvalue weighted by Gasteiger charge is -2.40. The first-order valence-electron chi connectivity index (χ1n) is 8.10. The van der Waals surface area contributed by atoms with Crippen molar-refractivity contribution in [2.24, 2.45) is 17.8 Å². The Morgan fingerprint density at radius 3 is 2.70 bits per heavy atom. The summed E-state index contributed by atoms with van der Waals surface area (Å²) in [6, 6.07) is 7.93. The van der Waals surface area contributed by atoms with E-state index in [4.69, 9.17) is 4.74 Å². The number of methoxy groups -OCH3 is 1. The Morgan fingerprint density at radius 1 is 1.10 bits per heavy atom. The normalized spacial score (nSPS) is 31.4. The molecule has 0 amide bonds. The summed E-state index contributed by atoms with van der Waals surface area (Å²) in [6.45, 7) is 0. The van der Waals surface area contributed by atoms with Crippen LogP contribution in [0.5, 0.6) is 5.75 Å². The number of ether oxygens (including phenoxy) is 1. The van der Waals surface area contributed by atoms with E-state index >= 15 is 0 Å². The van der Waals surface area contributed by atoms with Gasteiger partial charge in [-0.05, 0) is 54.7 Å². The molecule has 0 saturated heterocycles. The van der Waals surface area contributed by atoms with E-state index in [1.54, 1.807) is 7.11 Å². The summed E-state index contributed by atoms with van der Waals surface area (Å²) >= 11 is 0. The van der Waals surface area contributed by atoms with Crippen molar-refractivity contribution >= 4 is 0 Å². The molecule has 2 saturated carbocycles. The zero-order valence-electron chi connectivity index (χ0n) is 12.4. The average Bonchev–Trinajstić information content (AvgIpc) is 2.53. The first-order valence-corrected chi connectivity index (χ1v) is 8.10. The Morgan fingerprint density at radius 2 is 1.90 bits per heavy atom. The third-order valence-electron chi connectivity index (χ3n) is 5.46. The van der Waals surface area contributed by atoms with E-state index in [-0.39, 0.29) is 6.10 Å². The highest BCUT2D eigenvalue weighted by atomic mass is 16.5. The van der Waals surface area contributed by atoms with Crippen molar-refractivity contribution in [3.63, 3.8) is 0 Å². The minimum atomic E-state index is -0.326. The number of hydrogen-bond acceptors (Lipinski definition) is 2. The van der Waals surface area contributed by atoms with Crippen LogP contribution in [0.25, 0.3) is 0 Å². The van der Waals surface area contributed by atoms with Crippen LogP contribution in [0.1, 0.15) is 56.6 Å². The van der Waals surface area contributed by atoms with Gasteiger partial charge in [0.05, 0.1) is 13.2 Å². The standard InChI is InChI=1S/C18H26O2/c1-20-17-8-4-7-15(12-17)18(19)16-10-9-13-5-2-3-6-14(13)11-16/h4,7-8,12-14,16,18-19H,2-3,5-6,9-11H2,1H3.